The first-order valence-corrected chi connectivity index (χ1v) is 10.5. The third-order valence-corrected chi connectivity index (χ3v) is 6.64. The van der Waals surface area contributed by atoms with Crippen LogP contribution in [0.15, 0.2) is 53.9 Å². The number of fused-ring (bicyclic) bond motifs is 1. The molecule has 4 aromatic rings. The largest absolute Gasteiger partial charge is 0.494 e. The van der Waals surface area contributed by atoms with Crippen molar-refractivity contribution in [2.75, 3.05) is 18.5 Å². The first kappa shape index (κ1) is 21.6. The Hall–Kier alpha value is -3.61. The van der Waals surface area contributed by atoms with Crippen LogP contribution in [0.4, 0.5) is 18.9 Å². The lowest BCUT2D eigenvalue weighted by Crippen LogP contribution is -2.27. The standard InChI is InChI=1S/C19H17F3N6O3S/c1-26-17-12(8-24-26)4-6-15(31-3)18(17)27(2)32(29,30)14-5-7-16(23-10-14)28-11-13(9-25-28)19(20,21)22/h4-11H,1-3H3. The summed E-state index contributed by atoms with van der Waals surface area (Å²) in [5.74, 6) is 0.362. The van der Waals surface area contributed by atoms with Crippen LogP contribution in [0.1, 0.15) is 5.56 Å². The molecule has 0 aliphatic heterocycles. The second kappa shape index (κ2) is 7.51. The molecule has 13 heteroatoms. The predicted octanol–water partition coefficient (Wildman–Crippen LogP) is 3.01. The second-order valence-corrected chi connectivity index (χ2v) is 8.79. The van der Waals surface area contributed by atoms with Crippen LogP contribution in [0, 0.1) is 0 Å². The van der Waals surface area contributed by atoms with Crippen molar-refractivity contribution in [1.82, 2.24) is 24.5 Å². The molecule has 0 aliphatic rings. The van der Waals surface area contributed by atoms with E-state index in [-0.39, 0.29) is 16.4 Å². The number of pyridine rings is 1. The summed E-state index contributed by atoms with van der Waals surface area (Å²) < 4.78 is 73.8. The first-order chi connectivity index (χ1) is 15.0. The molecule has 0 amide bonds. The molecule has 4 rings (SSSR count). The van der Waals surface area contributed by atoms with E-state index in [4.69, 9.17) is 4.74 Å². The molecule has 0 fully saturated rings. The van der Waals surface area contributed by atoms with Gasteiger partial charge in [-0.15, -0.1) is 0 Å². The van der Waals surface area contributed by atoms with Gasteiger partial charge in [-0.25, -0.2) is 18.1 Å². The van der Waals surface area contributed by atoms with E-state index in [2.05, 4.69) is 15.2 Å². The molecule has 3 aromatic heterocycles. The number of anilines is 1. The molecule has 0 atom stereocenters. The third kappa shape index (κ3) is 3.53. The molecule has 0 aliphatic carbocycles. The minimum Gasteiger partial charge on any atom is -0.494 e. The van der Waals surface area contributed by atoms with E-state index in [9.17, 15) is 21.6 Å². The number of rotatable bonds is 5. The van der Waals surface area contributed by atoms with E-state index in [1.807, 2.05) is 0 Å². The molecule has 3 heterocycles. The summed E-state index contributed by atoms with van der Waals surface area (Å²) in [6.07, 6.45) is -0.437. The van der Waals surface area contributed by atoms with Gasteiger partial charge in [-0.1, -0.05) is 0 Å². The highest BCUT2D eigenvalue weighted by Crippen LogP contribution is 2.38. The van der Waals surface area contributed by atoms with Crippen molar-refractivity contribution >= 4 is 26.6 Å². The monoisotopic (exact) mass is 466 g/mol. The maximum Gasteiger partial charge on any atom is 0.419 e. The Kier molecular flexibility index (Phi) is 5.07. The van der Waals surface area contributed by atoms with Gasteiger partial charge in [0.1, 0.15) is 16.3 Å². The normalized spacial score (nSPS) is 12.3. The Labute approximate surface area is 180 Å². The second-order valence-electron chi connectivity index (χ2n) is 6.82. The minimum absolute atomic E-state index is 0.0356. The van der Waals surface area contributed by atoms with Gasteiger partial charge in [-0.2, -0.15) is 23.4 Å². The molecule has 32 heavy (non-hydrogen) atoms. The molecule has 9 nitrogen and oxygen atoms in total. The van der Waals surface area contributed by atoms with E-state index >= 15 is 0 Å². The number of sulfonamides is 1. The Morgan fingerprint density at radius 2 is 1.81 bits per heavy atom. The van der Waals surface area contributed by atoms with Gasteiger partial charge in [0, 0.05) is 31.9 Å². The van der Waals surface area contributed by atoms with Crippen LogP contribution < -0.4 is 9.04 Å². The van der Waals surface area contributed by atoms with Gasteiger partial charge in [-0.05, 0) is 24.3 Å². The Morgan fingerprint density at radius 1 is 1.06 bits per heavy atom. The number of hydrogen-bond acceptors (Lipinski definition) is 6. The van der Waals surface area contributed by atoms with Crippen molar-refractivity contribution < 1.29 is 26.3 Å². The summed E-state index contributed by atoms with van der Waals surface area (Å²) in [5.41, 5.74) is -0.0979. The molecule has 1 aromatic carbocycles. The summed E-state index contributed by atoms with van der Waals surface area (Å²) in [5, 5.41) is 8.53. The van der Waals surface area contributed by atoms with Crippen LogP contribution in [-0.2, 0) is 23.2 Å². The Balaban J connectivity index is 1.72. The lowest BCUT2D eigenvalue weighted by atomic mass is 10.2. The van der Waals surface area contributed by atoms with Crippen molar-refractivity contribution in [1.29, 1.82) is 0 Å². The average Bonchev–Trinajstić information content (AvgIpc) is 3.40. The molecule has 168 valence electrons. The fraction of sp³-hybridized carbons (Fsp3) is 0.211. The summed E-state index contributed by atoms with van der Waals surface area (Å²) >= 11 is 0. The van der Waals surface area contributed by atoms with Crippen molar-refractivity contribution in [2.24, 2.45) is 7.05 Å². The first-order valence-electron chi connectivity index (χ1n) is 9.10. The lowest BCUT2D eigenvalue weighted by molar-refractivity contribution is -0.137. The molecular formula is C19H17F3N6O3S. The molecule has 0 N–H and O–H groups in total. The highest BCUT2D eigenvalue weighted by Gasteiger charge is 2.32. The Morgan fingerprint density at radius 3 is 2.41 bits per heavy atom. The molecule has 0 bridgehead atoms. The summed E-state index contributed by atoms with van der Waals surface area (Å²) in [4.78, 5) is 3.82. The average molecular weight is 466 g/mol. The molecule has 0 unspecified atom stereocenters. The molecule has 0 saturated carbocycles. The summed E-state index contributed by atoms with van der Waals surface area (Å²) in [7, 11) is 0.394. The number of benzene rings is 1. The van der Waals surface area contributed by atoms with Crippen molar-refractivity contribution in [3.63, 3.8) is 0 Å². The van der Waals surface area contributed by atoms with Gasteiger partial charge in [0.05, 0.1) is 30.6 Å². The summed E-state index contributed by atoms with van der Waals surface area (Å²) in [6, 6.07) is 5.93. The van der Waals surface area contributed by atoms with Gasteiger partial charge >= 0.3 is 6.18 Å². The van der Waals surface area contributed by atoms with Crippen LogP contribution in [0.5, 0.6) is 5.75 Å². The van der Waals surface area contributed by atoms with Crippen molar-refractivity contribution in [3.05, 3.63) is 54.6 Å². The van der Waals surface area contributed by atoms with Gasteiger partial charge in [-0.3, -0.25) is 8.99 Å². The van der Waals surface area contributed by atoms with E-state index in [0.717, 1.165) is 26.8 Å². The minimum atomic E-state index is -4.55. The molecule has 0 spiro atoms. The lowest BCUT2D eigenvalue weighted by Gasteiger charge is -2.23. The number of nitrogens with zero attached hydrogens (tertiary/aromatic N) is 6. The smallest absolute Gasteiger partial charge is 0.419 e. The topological polar surface area (TPSA) is 95.1 Å². The van der Waals surface area contributed by atoms with Crippen molar-refractivity contribution in [2.45, 2.75) is 11.1 Å². The highest BCUT2D eigenvalue weighted by molar-refractivity contribution is 7.92. The molecule has 0 saturated heterocycles. The van der Waals surface area contributed by atoms with Crippen LogP contribution in [-0.4, -0.2) is 47.1 Å². The third-order valence-electron chi connectivity index (χ3n) is 4.90. The van der Waals surface area contributed by atoms with Gasteiger partial charge < -0.3 is 4.74 Å². The van der Waals surface area contributed by atoms with E-state index < -0.39 is 21.8 Å². The molecular weight excluding hydrogens is 449 g/mol. The van der Waals surface area contributed by atoms with Crippen LogP contribution in [0.2, 0.25) is 0 Å². The van der Waals surface area contributed by atoms with Gasteiger partial charge in [0.25, 0.3) is 10.0 Å². The fourth-order valence-corrected chi connectivity index (χ4v) is 4.39. The van der Waals surface area contributed by atoms with Crippen molar-refractivity contribution in [3.8, 4) is 11.6 Å². The van der Waals surface area contributed by atoms with Crippen LogP contribution in [0.3, 0.4) is 0 Å². The number of hydrogen-bond donors (Lipinski definition) is 0. The number of halogens is 3. The van der Waals surface area contributed by atoms with Crippen LogP contribution in [0.25, 0.3) is 16.7 Å². The van der Waals surface area contributed by atoms with E-state index in [1.54, 1.807) is 25.4 Å². The highest BCUT2D eigenvalue weighted by atomic mass is 32.2. The van der Waals surface area contributed by atoms with Gasteiger partial charge in [0.2, 0.25) is 0 Å². The maximum absolute atomic E-state index is 13.3. The zero-order valence-electron chi connectivity index (χ0n) is 17.1. The number of ether oxygens (including phenoxy) is 1. The zero-order valence-corrected chi connectivity index (χ0v) is 17.9. The predicted molar refractivity (Wildman–Crippen MR) is 109 cm³/mol. The zero-order chi connectivity index (χ0) is 23.3. The number of alkyl halides is 3. The van der Waals surface area contributed by atoms with E-state index in [1.165, 1.54) is 31.0 Å². The number of aromatic nitrogens is 5. The quantitative estimate of drug-likeness (QED) is 0.449. The van der Waals surface area contributed by atoms with Crippen LogP contribution >= 0.6 is 0 Å². The Bertz CT molecular complexity index is 1390. The maximum atomic E-state index is 13.3. The molecule has 0 radical (unpaired) electrons. The summed E-state index contributed by atoms with van der Waals surface area (Å²) in [6.45, 7) is 0. The number of aryl methyl sites for hydroxylation is 1. The number of methoxy groups -OCH3 is 1. The fourth-order valence-electron chi connectivity index (χ4n) is 3.23. The van der Waals surface area contributed by atoms with Gasteiger partial charge in [0.15, 0.2) is 5.82 Å². The van der Waals surface area contributed by atoms with E-state index in [0.29, 0.717) is 17.5 Å². The SMILES string of the molecule is COc1ccc2cnn(C)c2c1N(C)S(=O)(=O)c1ccc(-n2cc(C(F)(F)F)cn2)nc1.